The number of hydrogen-bond donors (Lipinski definition) is 2. The lowest BCUT2D eigenvalue weighted by atomic mass is 9.90. The van der Waals surface area contributed by atoms with Crippen molar-refractivity contribution < 1.29 is 24.2 Å². The van der Waals surface area contributed by atoms with Crippen molar-refractivity contribution in [2.45, 2.75) is 51.9 Å². The van der Waals surface area contributed by atoms with E-state index in [9.17, 15) is 14.7 Å². The van der Waals surface area contributed by atoms with Gasteiger partial charge in [-0.25, -0.2) is 9.59 Å². The molecule has 0 radical (unpaired) electrons. The number of hydrogen-bond acceptors (Lipinski definition) is 5. The molecule has 2 N–H and O–H groups in total. The topological polar surface area (TPSA) is 88.1 Å². The van der Waals surface area contributed by atoms with E-state index in [2.05, 4.69) is 5.32 Å². The van der Waals surface area contributed by atoms with Crippen LogP contribution >= 0.6 is 0 Å². The van der Waals surface area contributed by atoms with E-state index in [0.717, 1.165) is 5.56 Å². The number of carbonyl (C=O) groups is 2. The van der Waals surface area contributed by atoms with Gasteiger partial charge in [0.25, 0.3) is 0 Å². The fourth-order valence-corrected chi connectivity index (χ4v) is 3.04. The van der Waals surface area contributed by atoms with E-state index in [0.29, 0.717) is 25.9 Å². The van der Waals surface area contributed by atoms with Crippen molar-refractivity contribution in [3.05, 3.63) is 35.9 Å². The summed E-state index contributed by atoms with van der Waals surface area (Å²) >= 11 is 0. The molecule has 0 bridgehead atoms. The summed E-state index contributed by atoms with van der Waals surface area (Å²) in [6.45, 7) is 6.60. The summed E-state index contributed by atoms with van der Waals surface area (Å²) in [4.78, 5) is 25.8. The highest BCUT2D eigenvalue weighted by molar-refractivity contribution is 5.68. The number of nitrogens with zero attached hydrogens (tertiary/aromatic N) is 1. The van der Waals surface area contributed by atoms with Crippen LogP contribution in [0.3, 0.4) is 0 Å². The Morgan fingerprint density at radius 1 is 1.22 bits per heavy atom. The smallest absolute Gasteiger partial charge is 0.410 e. The Bertz CT molecular complexity index is 607. The van der Waals surface area contributed by atoms with Gasteiger partial charge in [0, 0.05) is 13.1 Å². The second kappa shape index (κ2) is 9.60. The van der Waals surface area contributed by atoms with E-state index in [1.54, 1.807) is 4.90 Å². The summed E-state index contributed by atoms with van der Waals surface area (Å²) in [6.07, 6.45) is 0.497. The van der Waals surface area contributed by atoms with Gasteiger partial charge in [0.1, 0.15) is 12.2 Å². The number of aliphatic hydroxyl groups excluding tert-OH is 1. The monoisotopic (exact) mass is 378 g/mol. The Labute approximate surface area is 160 Å². The lowest BCUT2D eigenvalue weighted by molar-refractivity contribution is 0.0155. The Kier molecular flexibility index (Phi) is 7.47. The molecule has 1 fully saturated rings. The Balaban J connectivity index is 1.77. The Hall–Kier alpha value is -2.28. The summed E-state index contributed by atoms with van der Waals surface area (Å²) in [5.74, 6) is 0.0814. The molecule has 2 rings (SSSR count). The van der Waals surface area contributed by atoms with Gasteiger partial charge in [-0.2, -0.15) is 0 Å². The van der Waals surface area contributed by atoms with Crippen LogP contribution in [0.4, 0.5) is 9.59 Å². The lowest BCUT2D eigenvalue weighted by Gasteiger charge is -2.36. The van der Waals surface area contributed by atoms with Crippen molar-refractivity contribution in [2.24, 2.45) is 5.92 Å². The van der Waals surface area contributed by atoms with Gasteiger partial charge in [-0.05, 0) is 45.1 Å². The van der Waals surface area contributed by atoms with Crippen molar-refractivity contribution in [1.82, 2.24) is 10.2 Å². The molecule has 27 heavy (non-hydrogen) atoms. The van der Waals surface area contributed by atoms with Crippen LogP contribution in [-0.2, 0) is 16.1 Å². The van der Waals surface area contributed by atoms with Gasteiger partial charge in [0.15, 0.2) is 0 Å². The number of alkyl carbamates (subject to hydrolysis) is 1. The molecule has 0 aliphatic carbocycles. The maximum atomic E-state index is 12.1. The quantitative estimate of drug-likeness (QED) is 0.822. The Morgan fingerprint density at radius 3 is 2.41 bits per heavy atom. The molecule has 0 spiro atoms. The molecule has 1 aliphatic heterocycles. The second-order valence-corrected chi connectivity index (χ2v) is 7.80. The highest BCUT2D eigenvalue weighted by Gasteiger charge is 2.31. The molecule has 1 heterocycles. The number of nitrogens with one attached hydrogen (secondary N) is 1. The third-order valence-electron chi connectivity index (χ3n) is 4.47. The molecular weight excluding hydrogens is 348 g/mol. The van der Waals surface area contributed by atoms with Crippen LogP contribution in [0.2, 0.25) is 0 Å². The predicted molar refractivity (Wildman–Crippen MR) is 101 cm³/mol. The summed E-state index contributed by atoms with van der Waals surface area (Å²) in [7, 11) is 0. The normalized spacial score (nSPS) is 16.5. The maximum Gasteiger partial charge on any atom is 0.410 e. The van der Waals surface area contributed by atoms with Crippen molar-refractivity contribution >= 4 is 12.2 Å². The van der Waals surface area contributed by atoms with E-state index in [4.69, 9.17) is 9.47 Å². The number of ether oxygens (including phenoxy) is 2. The molecule has 1 aromatic rings. The van der Waals surface area contributed by atoms with Crippen molar-refractivity contribution in [3.8, 4) is 0 Å². The van der Waals surface area contributed by atoms with E-state index < -0.39 is 17.7 Å². The first-order valence-corrected chi connectivity index (χ1v) is 9.34. The molecule has 1 aliphatic rings. The first-order valence-electron chi connectivity index (χ1n) is 9.34. The van der Waals surface area contributed by atoms with Gasteiger partial charge < -0.3 is 24.8 Å². The van der Waals surface area contributed by atoms with Gasteiger partial charge in [-0.3, -0.25) is 0 Å². The fraction of sp³-hybridized carbons (Fsp3) is 0.600. The zero-order chi connectivity index (χ0) is 19.9. The third-order valence-corrected chi connectivity index (χ3v) is 4.47. The number of carbonyl (C=O) groups excluding carboxylic acids is 2. The standard InChI is InChI=1S/C20H30N2O5/c1-20(2,3)27-19(25)22-11-9-16(10-12-22)17(13-23)21-18(24)26-14-15-7-5-4-6-8-15/h4-8,16-17,23H,9-14H2,1-3H3,(H,21,24). The van der Waals surface area contributed by atoms with Crippen LogP contribution < -0.4 is 5.32 Å². The van der Waals surface area contributed by atoms with E-state index in [1.807, 2.05) is 51.1 Å². The molecule has 1 unspecified atom stereocenters. The summed E-state index contributed by atoms with van der Waals surface area (Å²) in [5, 5.41) is 12.4. The number of aliphatic hydroxyl groups is 1. The third kappa shape index (κ3) is 7.09. The largest absolute Gasteiger partial charge is 0.445 e. The van der Waals surface area contributed by atoms with Gasteiger partial charge in [0.2, 0.25) is 0 Å². The average molecular weight is 378 g/mol. The number of likely N-dealkylation sites (tertiary alicyclic amines) is 1. The van der Waals surface area contributed by atoms with Gasteiger partial charge in [-0.1, -0.05) is 30.3 Å². The molecular formula is C20H30N2O5. The minimum absolute atomic E-state index is 0.0814. The molecule has 0 saturated carbocycles. The highest BCUT2D eigenvalue weighted by atomic mass is 16.6. The van der Waals surface area contributed by atoms with Crippen LogP contribution in [0.15, 0.2) is 30.3 Å². The maximum absolute atomic E-state index is 12.1. The van der Waals surface area contributed by atoms with Crippen molar-refractivity contribution in [2.75, 3.05) is 19.7 Å². The van der Waals surface area contributed by atoms with Crippen molar-refractivity contribution in [1.29, 1.82) is 0 Å². The Morgan fingerprint density at radius 2 is 1.85 bits per heavy atom. The van der Waals surface area contributed by atoms with Crippen LogP contribution in [0.5, 0.6) is 0 Å². The zero-order valence-electron chi connectivity index (χ0n) is 16.3. The zero-order valence-corrected chi connectivity index (χ0v) is 16.3. The number of piperidine rings is 1. The fourth-order valence-electron chi connectivity index (χ4n) is 3.04. The molecule has 0 aromatic heterocycles. The molecule has 1 atom stereocenters. The van der Waals surface area contributed by atoms with Crippen LogP contribution in [0.1, 0.15) is 39.2 Å². The first-order chi connectivity index (χ1) is 12.8. The van der Waals surface area contributed by atoms with Gasteiger partial charge >= 0.3 is 12.2 Å². The van der Waals surface area contributed by atoms with E-state index in [-0.39, 0.29) is 25.2 Å². The SMILES string of the molecule is CC(C)(C)OC(=O)N1CCC(C(CO)NC(=O)OCc2ccccc2)CC1. The summed E-state index contributed by atoms with van der Waals surface area (Å²) in [6, 6.07) is 9.02. The summed E-state index contributed by atoms with van der Waals surface area (Å²) in [5.41, 5.74) is 0.380. The van der Waals surface area contributed by atoms with Gasteiger partial charge in [-0.15, -0.1) is 0 Å². The van der Waals surface area contributed by atoms with Crippen LogP contribution in [-0.4, -0.2) is 53.5 Å². The van der Waals surface area contributed by atoms with Crippen LogP contribution in [0.25, 0.3) is 0 Å². The molecule has 1 aromatic carbocycles. The molecule has 2 amide bonds. The number of amides is 2. The minimum Gasteiger partial charge on any atom is -0.445 e. The molecule has 1 saturated heterocycles. The molecule has 7 heteroatoms. The van der Waals surface area contributed by atoms with E-state index >= 15 is 0 Å². The first kappa shape index (κ1) is 21.0. The van der Waals surface area contributed by atoms with Crippen molar-refractivity contribution in [3.63, 3.8) is 0 Å². The lowest BCUT2D eigenvalue weighted by Crippen LogP contribution is -2.49. The number of benzene rings is 1. The molecule has 7 nitrogen and oxygen atoms in total. The minimum atomic E-state index is -0.549. The average Bonchev–Trinajstić information content (AvgIpc) is 2.64. The van der Waals surface area contributed by atoms with Gasteiger partial charge in [0.05, 0.1) is 12.6 Å². The second-order valence-electron chi connectivity index (χ2n) is 7.80. The summed E-state index contributed by atoms with van der Waals surface area (Å²) < 4.78 is 10.6. The van der Waals surface area contributed by atoms with Crippen LogP contribution in [0, 0.1) is 5.92 Å². The highest BCUT2D eigenvalue weighted by Crippen LogP contribution is 2.22. The molecule has 150 valence electrons. The number of rotatable bonds is 5. The van der Waals surface area contributed by atoms with E-state index in [1.165, 1.54) is 0 Å². The predicted octanol–water partition coefficient (Wildman–Crippen LogP) is 2.92.